The monoisotopic (exact) mass is 255 g/mol. The van der Waals surface area contributed by atoms with Crippen molar-refractivity contribution in [2.45, 2.75) is 32.1 Å². The van der Waals surface area contributed by atoms with Crippen LogP contribution in [-0.4, -0.2) is 36.7 Å². The second-order valence-corrected chi connectivity index (χ2v) is 5.21. The largest absolute Gasteiger partial charge is 0.409 e. The summed E-state index contributed by atoms with van der Waals surface area (Å²) in [6.45, 7) is 2.13. The predicted molar refractivity (Wildman–Crippen MR) is 66.2 cm³/mol. The number of nitrogens with two attached hydrogens (primary N) is 1. The zero-order valence-corrected chi connectivity index (χ0v) is 10.5. The fourth-order valence-electron chi connectivity index (χ4n) is 2.60. The molecule has 1 aliphatic heterocycles. The van der Waals surface area contributed by atoms with Gasteiger partial charge in [0.25, 0.3) is 0 Å². The molecule has 0 radical (unpaired) electrons. The van der Waals surface area contributed by atoms with Crippen molar-refractivity contribution >= 4 is 11.7 Å². The van der Waals surface area contributed by atoms with E-state index in [-0.39, 0.29) is 11.7 Å². The number of rotatable bonds is 4. The number of amides is 1. The first-order valence-electron chi connectivity index (χ1n) is 6.53. The first kappa shape index (κ1) is 13.1. The van der Waals surface area contributed by atoms with Crippen LogP contribution in [0, 0.1) is 11.3 Å². The lowest BCUT2D eigenvalue weighted by Gasteiger charge is -2.39. The van der Waals surface area contributed by atoms with Crippen molar-refractivity contribution in [1.82, 2.24) is 5.32 Å². The Morgan fingerprint density at radius 1 is 1.50 bits per heavy atom. The van der Waals surface area contributed by atoms with E-state index in [1.807, 2.05) is 0 Å². The van der Waals surface area contributed by atoms with Gasteiger partial charge in [0.15, 0.2) is 5.84 Å². The second kappa shape index (κ2) is 5.56. The van der Waals surface area contributed by atoms with Crippen LogP contribution in [-0.2, 0) is 9.53 Å². The lowest BCUT2D eigenvalue weighted by atomic mass is 9.67. The summed E-state index contributed by atoms with van der Waals surface area (Å²) in [4.78, 5) is 12.2. The molecule has 0 bridgehead atoms. The SMILES string of the molecule is NC(=NO)C1(C(=O)NCC2CCCOC2)CCC1. The van der Waals surface area contributed by atoms with Gasteiger partial charge in [0.05, 0.1) is 6.61 Å². The van der Waals surface area contributed by atoms with Gasteiger partial charge in [-0.05, 0) is 31.6 Å². The maximum Gasteiger partial charge on any atom is 0.233 e. The number of carbonyl (C=O) groups excluding carboxylic acids is 1. The van der Waals surface area contributed by atoms with Gasteiger partial charge in [-0.15, -0.1) is 0 Å². The van der Waals surface area contributed by atoms with Crippen molar-refractivity contribution in [2.75, 3.05) is 19.8 Å². The molecule has 1 amide bonds. The summed E-state index contributed by atoms with van der Waals surface area (Å²) >= 11 is 0. The Kier molecular flexibility index (Phi) is 4.06. The molecule has 2 rings (SSSR count). The van der Waals surface area contributed by atoms with E-state index in [0.29, 0.717) is 31.9 Å². The van der Waals surface area contributed by atoms with E-state index < -0.39 is 5.41 Å². The molecule has 6 nitrogen and oxygen atoms in total. The van der Waals surface area contributed by atoms with Crippen LogP contribution >= 0.6 is 0 Å². The molecule has 0 aromatic carbocycles. The molecule has 1 heterocycles. The molecule has 1 unspecified atom stereocenters. The third-order valence-electron chi connectivity index (χ3n) is 4.05. The molecule has 18 heavy (non-hydrogen) atoms. The highest BCUT2D eigenvalue weighted by molar-refractivity contribution is 6.07. The van der Waals surface area contributed by atoms with E-state index in [1.54, 1.807) is 0 Å². The number of nitrogens with one attached hydrogen (secondary N) is 1. The Labute approximate surface area is 107 Å². The lowest BCUT2D eigenvalue weighted by molar-refractivity contribution is -0.131. The minimum Gasteiger partial charge on any atom is -0.409 e. The molecule has 1 saturated carbocycles. The van der Waals surface area contributed by atoms with Gasteiger partial charge < -0.3 is 21.0 Å². The van der Waals surface area contributed by atoms with Gasteiger partial charge >= 0.3 is 0 Å². The molecule has 0 aromatic heterocycles. The van der Waals surface area contributed by atoms with Crippen LogP contribution in [0.3, 0.4) is 0 Å². The second-order valence-electron chi connectivity index (χ2n) is 5.21. The molecule has 4 N–H and O–H groups in total. The zero-order valence-electron chi connectivity index (χ0n) is 10.5. The van der Waals surface area contributed by atoms with Crippen LogP contribution in [0.2, 0.25) is 0 Å². The van der Waals surface area contributed by atoms with Gasteiger partial charge in [-0.2, -0.15) is 0 Å². The van der Waals surface area contributed by atoms with Gasteiger partial charge in [0.1, 0.15) is 5.41 Å². The third-order valence-corrected chi connectivity index (χ3v) is 4.05. The number of hydrogen-bond donors (Lipinski definition) is 3. The van der Waals surface area contributed by atoms with Crippen LogP contribution in [0.15, 0.2) is 5.16 Å². The normalized spacial score (nSPS) is 27.3. The van der Waals surface area contributed by atoms with Crippen molar-refractivity contribution < 1.29 is 14.7 Å². The number of ether oxygens (including phenoxy) is 1. The molecular weight excluding hydrogens is 234 g/mol. The van der Waals surface area contributed by atoms with Crippen molar-refractivity contribution in [3.05, 3.63) is 0 Å². The van der Waals surface area contributed by atoms with Gasteiger partial charge in [-0.1, -0.05) is 11.6 Å². The van der Waals surface area contributed by atoms with E-state index in [2.05, 4.69) is 10.5 Å². The maximum atomic E-state index is 12.2. The quantitative estimate of drug-likeness (QED) is 0.294. The molecule has 6 heteroatoms. The molecular formula is C12H21N3O3. The van der Waals surface area contributed by atoms with E-state index in [9.17, 15) is 4.79 Å². The van der Waals surface area contributed by atoms with Crippen LogP contribution in [0.25, 0.3) is 0 Å². The molecule has 2 fully saturated rings. The van der Waals surface area contributed by atoms with Crippen LogP contribution in [0.1, 0.15) is 32.1 Å². The lowest BCUT2D eigenvalue weighted by Crippen LogP contribution is -2.54. The highest BCUT2D eigenvalue weighted by atomic mass is 16.5. The smallest absolute Gasteiger partial charge is 0.233 e. The summed E-state index contributed by atoms with van der Waals surface area (Å²) in [6, 6.07) is 0. The maximum absolute atomic E-state index is 12.2. The average Bonchev–Trinajstić information content (AvgIpc) is 2.36. The minimum atomic E-state index is -0.774. The molecule has 1 atom stereocenters. The molecule has 2 aliphatic rings. The Hall–Kier alpha value is -1.30. The highest BCUT2D eigenvalue weighted by Crippen LogP contribution is 2.41. The summed E-state index contributed by atoms with van der Waals surface area (Å²) in [5.41, 5.74) is 4.86. The molecule has 0 spiro atoms. The van der Waals surface area contributed by atoms with Crippen molar-refractivity contribution in [3.8, 4) is 0 Å². The zero-order chi connectivity index (χ0) is 13.0. The predicted octanol–water partition coefficient (Wildman–Crippen LogP) is 0.446. The van der Waals surface area contributed by atoms with Gasteiger partial charge in [0, 0.05) is 13.2 Å². The van der Waals surface area contributed by atoms with E-state index >= 15 is 0 Å². The number of amidine groups is 1. The Morgan fingerprint density at radius 2 is 2.28 bits per heavy atom. The topological polar surface area (TPSA) is 96.9 Å². The summed E-state index contributed by atoms with van der Waals surface area (Å²) in [5.74, 6) is 0.299. The first-order valence-corrected chi connectivity index (χ1v) is 6.53. The Bertz CT molecular complexity index is 333. The van der Waals surface area contributed by atoms with Crippen molar-refractivity contribution in [1.29, 1.82) is 0 Å². The summed E-state index contributed by atoms with van der Waals surface area (Å²) in [5, 5.41) is 14.7. The number of nitrogens with zero attached hydrogens (tertiary/aromatic N) is 1. The highest BCUT2D eigenvalue weighted by Gasteiger charge is 2.48. The standard InChI is InChI=1S/C12H21N3O3/c13-10(15-17)12(4-2-5-12)11(16)14-7-9-3-1-6-18-8-9/h9,17H,1-8H2,(H2,13,15)(H,14,16). The number of carbonyl (C=O) groups is 1. The molecule has 102 valence electrons. The van der Waals surface area contributed by atoms with E-state index in [1.165, 1.54) is 0 Å². The van der Waals surface area contributed by atoms with Gasteiger partial charge in [-0.25, -0.2) is 0 Å². The van der Waals surface area contributed by atoms with Crippen molar-refractivity contribution in [3.63, 3.8) is 0 Å². The fourth-order valence-corrected chi connectivity index (χ4v) is 2.60. The third kappa shape index (κ3) is 2.43. The molecule has 1 aliphatic carbocycles. The van der Waals surface area contributed by atoms with E-state index in [0.717, 1.165) is 25.9 Å². The van der Waals surface area contributed by atoms with E-state index in [4.69, 9.17) is 15.7 Å². The summed E-state index contributed by atoms with van der Waals surface area (Å²) in [6.07, 6.45) is 4.39. The Morgan fingerprint density at radius 3 is 2.78 bits per heavy atom. The molecule has 0 aromatic rings. The van der Waals surface area contributed by atoms with Crippen LogP contribution in [0.4, 0.5) is 0 Å². The molecule has 1 saturated heterocycles. The van der Waals surface area contributed by atoms with Crippen LogP contribution in [0.5, 0.6) is 0 Å². The first-order chi connectivity index (χ1) is 8.69. The fraction of sp³-hybridized carbons (Fsp3) is 0.833. The van der Waals surface area contributed by atoms with Gasteiger partial charge in [-0.3, -0.25) is 4.79 Å². The van der Waals surface area contributed by atoms with Gasteiger partial charge in [0.2, 0.25) is 5.91 Å². The van der Waals surface area contributed by atoms with Crippen molar-refractivity contribution in [2.24, 2.45) is 22.2 Å². The number of oxime groups is 1. The van der Waals surface area contributed by atoms with Crippen LogP contribution < -0.4 is 11.1 Å². The number of hydrogen-bond acceptors (Lipinski definition) is 4. The summed E-state index contributed by atoms with van der Waals surface area (Å²) < 4.78 is 5.37. The Balaban J connectivity index is 1.86. The average molecular weight is 255 g/mol. The minimum absolute atomic E-state index is 0.0335. The summed E-state index contributed by atoms with van der Waals surface area (Å²) in [7, 11) is 0.